The summed E-state index contributed by atoms with van der Waals surface area (Å²) in [5, 5.41) is 10.2. The van der Waals surface area contributed by atoms with Crippen LogP contribution in [0.15, 0.2) is 9.32 Å². The predicted molar refractivity (Wildman–Crippen MR) is 66.4 cm³/mol. The average Bonchev–Trinajstić information content (AvgIpc) is 3.15. The third-order valence-electron chi connectivity index (χ3n) is 3.62. The van der Waals surface area contributed by atoms with Gasteiger partial charge in [-0.2, -0.15) is 13.2 Å². The van der Waals surface area contributed by atoms with Crippen LogP contribution in [-0.4, -0.2) is 49.0 Å². The maximum atomic E-state index is 13.0. The van der Waals surface area contributed by atoms with E-state index in [9.17, 15) is 22.8 Å². The minimum Gasteiger partial charge on any atom is -0.336 e. The Kier molecular flexibility index (Phi) is 3.45. The number of alkyl halides is 3. The number of nitrogens with zero attached hydrogens (tertiary/aromatic N) is 5. The van der Waals surface area contributed by atoms with E-state index in [4.69, 9.17) is 0 Å². The van der Waals surface area contributed by atoms with Crippen molar-refractivity contribution in [1.82, 2.24) is 30.0 Å². The second kappa shape index (κ2) is 5.21. The Hall–Kier alpha value is -2.66. The molecule has 12 heteroatoms. The molecule has 0 bridgehead atoms. The molecule has 1 unspecified atom stereocenters. The molecular formula is C11H11F3N6O3. The van der Waals surface area contributed by atoms with Crippen LogP contribution in [-0.2, 0) is 13.2 Å². The van der Waals surface area contributed by atoms with Crippen LogP contribution in [0.25, 0.3) is 0 Å². The molecule has 0 radical (unpaired) electrons. The lowest BCUT2D eigenvalue weighted by Crippen LogP contribution is -2.31. The van der Waals surface area contributed by atoms with Crippen LogP contribution in [0.4, 0.5) is 13.2 Å². The van der Waals surface area contributed by atoms with E-state index < -0.39 is 29.2 Å². The summed E-state index contributed by atoms with van der Waals surface area (Å²) in [5.74, 6) is -1.63. The second-order valence-electron chi connectivity index (χ2n) is 5.13. The van der Waals surface area contributed by atoms with Crippen molar-refractivity contribution < 1.29 is 22.5 Å². The van der Waals surface area contributed by atoms with Crippen molar-refractivity contribution in [3.05, 3.63) is 27.8 Å². The minimum absolute atomic E-state index is 0.106. The largest absolute Gasteiger partial charge is 0.438 e. The van der Waals surface area contributed by atoms with Crippen LogP contribution >= 0.6 is 0 Å². The predicted octanol–water partition coefficient (Wildman–Crippen LogP) is 0.140. The first-order valence-corrected chi connectivity index (χ1v) is 6.59. The van der Waals surface area contributed by atoms with Gasteiger partial charge in [-0.15, -0.1) is 5.10 Å². The Balaban J connectivity index is 1.82. The van der Waals surface area contributed by atoms with Crippen molar-refractivity contribution in [2.24, 2.45) is 7.05 Å². The maximum absolute atomic E-state index is 13.0. The molecule has 1 aliphatic heterocycles. The molecule has 2 aromatic rings. The van der Waals surface area contributed by atoms with E-state index in [-0.39, 0.29) is 24.8 Å². The van der Waals surface area contributed by atoms with E-state index in [0.717, 1.165) is 7.05 Å². The fourth-order valence-corrected chi connectivity index (χ4v) is 2.55. The van der Waals surface area contributed by atoms with E-state index in [1.807, 2.05) is 0 Å². The summed E-state index contributed by atoms with van der Waals surface area (Å²) in [6.07, 6.45) is -4.30. The topological polar surface area (TPSA) is 110 Å². The molecule has 9 nitrogen and oxygen atoms in total. The number of aromatic nitrogens is 5. The fraction of sp³-hybridized carbons (Fsp3) is 0.545. The molecule has 1 atom stereocenters. The van der Waals surface area contributed by atoms with Gasteiger partial charge in [0.05, 0.1) is 0 Å². The van der Waals surface area contributed by atoms with Crippen LogP contribution in [0.2, 0.25) is 0 Å². The van der Waals surface area contributed by atoms with Crippen LogP contribution in [0.5, 0.6) is 0 Å². The van der Waals surface area contributed by atoms with Crippen LogP contribution in [0.3, 0.4) is 0 Å². The number of hydrogen-bond donors (Lipinski definition) is 1. The van der Waals surface area contributed by atoms with E-state index in [1.165, 1.54) is 4.90 Å². The van der Waals surface area contributed by atoms with Gasteiger partial charge in [0, 0.05) is 26.1 Å². The summed E-state index contributed by atoms with van der Waals surface area (Å²) >= 11 is 0. The highest BCUT2D eigenvalue weighted by Gasteiger charge is 2.42. The quantitative estimate of drug-likeness (QED) is 0.838. The number of aromatic amines is 1. The molecule has 3 rings (SSSR count). The number of aryl methyl sites for hydroxylation is 1. The van der Waals surface area contributed by atoms with Gasteiger partial charge in [-0.25, -0.2) is 9.48 Å². The molecule has 0 saturated carbocycles. The number of likely N-dealkylation sites (tertiary alicyclic amines) is 1. The Morgan fingerprint density at radius 2 is 2.17 bits per heavy atom. The van der Waals surface area contributed by atoms with E-state index in [2.05, 4.69) is 25.0 Å². The zero-order valence-electron chi connectivity index (χ0n) is 11.8. The lowest BCUT2D eigenvalue weighted by molar-refractivity contribution is -0.144. The molecule has 0 spiro atoms. The number of H-pyrrole nitrogens is 1. The van der Waals surface area contributed by atoms with Crippen molar-refractivity contribution in [3.8, 4) is 0 Å². The van der Waals surface area contributed by atoms with Crippen LogP contribution < -0.4 is 5.76 Å². The van der Waals surface area contributed by atoms with Gasteiger partial charge in [0.15, 0.2) is 17.2 Å². The highest BCUT2D eigenvalue weighted by atomic mass is 19.4. The first kappa shape index (κ1) is 15.2. The molecule has 124 valence electrons. The number of amides is 1. The van der Waals surface area contributed by atoms with Crippen molar-refractivity contribution in [1.29, 1.82) is 0 Å². The first-order valence-electron chi connectivity index (χ1n) is 6.59. The normalized spacial score (nSPS) is 18.6. The molecule has 0 aliphatic carbocycles. The van der Waals surface area contributed by atoms with Gasteiger partial charge >= 0.3 is 11.9 Å². The summed E-state index contributed by atoms with van der Waals surface area (Å²) in [6, 6.07) is 0. The molecule has 0 aromatic carbocycles. The van der Waals surface area contributed by atoms with Crippen LogP contribution in [0.1, 0.15) is 34.3 Å². The summed E-state index contributed by atoms with van der Waals surface area (Å²) in [4.78, 5) is 26.8. The van der Waals surface area contributed by atoms with Crippen molar-refractivity contribution in [2.75, 3.05) is 13.1 Å². The molecular weight excluding hydrogens is 321 g/mol. The Labute approximate surface area is 126 Å². The van der Waals surface area contributed by atoms with Crippen LogP contribution in [0, 0.1) is 0 Å². The Bertz CT molecular complexity index is 792. The molecule has 1 N–H and O–H groups in total. The van der Waals surface area contributed by atoms with Gasteiger partial charge < -0.3 is 4.90 Å². The average molecular weight is 332 g/mol. The number of carbonyl (C=O) groups excluding carboxylic acids is 1. The third-order valence-corrected chi connectivity index (χ3v) is 3.62. The fourth-order valence-electron chi connectivity index (χ4n) is 2.55. The summed E-state index contributed by atoms with van der Waals surface area (Å²) < 4.78 is 43.9. The first-order chi connectivity index (χ1) is 10.8. The van der Waals surface area contributed by atoms with Gasteiger partial charge in [0.2, 0.25) is 0 Å². The summed E-state index contributed by atoms with van der Waals surface area (Å²) in [6.45, 7) is 0.321. The third kappa shape index (κ3) is 2.71. The minimum atomic E-state index is -4.74. The lowest BCUT2D eigenvalue weighted by Gasteiger charge is -2.16. The number of hydrogen-bond acceptors (Lipinski definition) is 6. The van der Waals surface area contributed by atoms with Gasteiger partial charge in [-0.1, -0.05) is 10.4 Å². The number of rotatable bonds is 2. The highest BCUT2D eigenvalue weighted by molar-refractivity contribution is 5.93. The van der Waals surface area contributed by atoms with Crippen molar-refractivity contribution >= 4 is 5.91 Å². The Morgan fingerprint density at radius 3 is 2.78 bits per heavy atom. The molecule has 23 heavy (non-hydrogen) atoms. The molecule has 2 aromatic heterocycles. The zero-order valence-corrected chi connectivity index (χ0v) is 11.8. The molecule has 1 amide bonds. The second-order valence-corrected chi connectivity index (χ2v) is 5.13. The molecule has 1 aliphatic rings. The SMILES string of the molecule is Cn1nnc(C(=O)N2CCC(c3noc(=O)[nH]3)C2)c1C(F)(F)F. The Morgan fingerprint density at radius 1 is 1.43 bits per heavy atom. The molecule has 1 saturated heterocycles. The summed E-state index contributed by atoms with van der Waals surface area (Å²) in [5.41, 5.74) is -1.94. The van der Waals surface area contributed by atoms with Gasteiger partial charge in [-0.05, 0) is 6.42 Å². The standard InChI is InChI=1S/C11H11F3N6O3/c1-19-7(11(12,13)14)6(16-18-19)9(21)20-3-2-5(4-20)8-15-10(22)23-17-8/h5H,2-4H2,1H3,(H,15,17,22). The van der Waals surface area contributed by atoms with E-state index in [1.54, 1.807) is 0 Å². The number of halogens is 3. The van der Waals surface area contributed by atoms with Crippen molar-refractivity contribution in [3.63, 3.8) is 0 Å². The number of carbonyl (C=O) groups is 1. The van der Waals surface area contributed by atoms with E-state index >= 15 is 0 Å². The zero-order chi connectivity index (χ0) is 16.8. The van der Waals surface area contributed by atoms with Gasteiger partial charge in [-0.3, -0.25) is 14.3 Å². The molecule has 3 heterocycles. The van der Waals surface area contributed by atoms with Gasteiger partial charge in [0.25, 0.3) is 5.91 Å². The monoisotopic (exact) mass is 332 g/mol. The lowest BCUT2D eigenvalue weighted by atomic mass is 10.1. The maximum Gasteiger partial charge on any atom is 0.438 e. The summed E-state index contributed by atoms with van der Waals surface area (Å²) in [7, 11) is 1.07. The van der Waals surface area contributed by atoms with E-state index in [0.29, 0.717) is 11.1 Å². The van der Waals surface area contributed by atoms with Crippen molar-refractivity contribution in [2.45, 2.75) is 18.5 Å². The van der Waals surface area contributed by atoms with Gasteiger partial charge in [0.1, 0.15) is 0 Å². The number of nitrogens with one attached hydrogen (secondary N) is 1. The highest BCUT2D eigenvalue weighted by Crippen LogP contribution is 2.32. The smallest absolute Gasteiger partial charge is 0.336 e. The molecule has 1 fully saturated rings.